The van der Waals surface area contributed by atoms with Gasteiger partial charge in [-0.2, -0.15) is 13.2 Å². The third kappa shape index (κ3) is 5.78. The van der Waals surface area contributed by atoms with Crippen LogP contribution < -0.4 is 15.5 Å². The Morgan fingerprint density at radius 1 is 0.976 bits per heavy atom. The number of hydrogen-bond acceptors (Lipinski definition) is 5. The van der Waals surface area contributed by atoms with Crippen LogP contribution in [0.25, 0.3) is 0 Å². The van der Waals surface area contributed by atoms with Gasteiger partial charge in [0, 0.05) is 17.8 Å². The number of anilines is 3. The van der Waals surface area contributed by atoms with Crippen LogP contribution in [0.3, 0.4) is 0 Å². The zero-order chi connectivity index (χ0) is 30.3. The summed E-state index contributed by atoms with van der Waals surface area (Å²) in [4.78, 5) is 50.8. The summed E-state index contributed by atoms with van der Waals surface area (Å²) in [6, 6.07) is 7.94. The molecule has 2 N–H and O–H groups in total. The molecule has 0 radical (unpaired) electrons. The number of non-ortho nitro benzene ring substituents is 1. The molecule has 0 atom stereocenters. The first-order valence-corrected chi connectivity index (χ1v) is 11.7. The number of nitro groups is 1. The van der Waals surface area contributed by atoms with E-state index in [-0.39, 0.29) is 29.2 Å². The Labute approximate surface area is 228 Å². The second-order valence-corrected chi connectivity index (χ2v) is 9.41. The number of alkyl halides is 3. The summed E-state index contributed by atoms with van der Waals surface area (Å²) in [6.45, 7) is 2.31. The summed E-state index contributed by atoms with van der Waals surface area (Å²) in [6.07, 6.45) is -5.08. The summed E-state index contributed by atoms with van der Waals surface area (Å²) in [5, 5.41) is 15.6. The van der Waals surface area contributed by atoms with Gasteiger partial charge in [-0.3, -0.25) is 14.9 Å². The standard InChI is InChI=1S/C26H20F5N5O5/c1-25(2)22(37)35(18-9-10-20(28)19(12-18)26(29,30)31)24(39)34(25)13-14-3-4-15(27)11-21(14)33-23(38)32-16-5-7-17(8-6-16)36(40)41/h3-12H,13H2,1-2H3,(H2,32,33,38). The molecule has 3 aromatic rings. The summed E-state index contributed by atoms with van der Waals surface area (Å²) >= 11 is 0. The highest BCUT2D eigenvalue weighted by molar-refractivity contribution is 6.23. The minimum absolute atomic E-state index is 0.0972. The monoisotopic (exact) mass is 577 g/mol. The topological polar surface area (TPSA) is 125 Å². The second kappa shape index (κ2) is 10.5. The molecule has 1 heterocycles. The van der Waals surface area contributed by atoms with Crippen molar-refractivity contribution < 1.29 is 41.3 Å². The lowest BCUT2D eigenvalue weighted by Gasteiger charge is -2.28. The molecular weight excluding hydrogens is 557 g/mol. The van der Waals surface area contributed by atoms with Gasteiger partial charge in [0.05, 0.1) is 28.4 Å². The Morgan fingerprint density at radius 2 is 1.63 bits per heavy atom. The average molecular weight is 577 g/mol. The molecule has 0 saturated carbocycles. The number of carbonyl (C=O) groups excluding carboxylic acids is 3. The fourth-order valence-electron chi connectivity index (χ4n) is 4.12. The molecule has 214 valence electrons. The van der Waals surface area contributed by atoms with Crippen LogP contribution in [0.15, 0.2) is 60.7 Å². The molecule has 1 aliphatic heterocycles. The maximum absolute atomic E-state index is 14.1. The average Bonchev–Trinajstić information content (AvgIpc) is 3.04. The Hall–Kier alpha value is -5.08. The van der Waals surface area contributed by atoms with E-state index in [9.17, 15) is 46.5 Å². The zero-order valence-electron chi connectivity index (χ0n) is 21.3. The Kier molecular flexibility index (Phi) is 7.39. The maximum atomic E-state index is 14.1. The number of halogens is 5. The molecule has 1 saturated heterocycles. The number of urea groups is 2. The molecule has 0 unspecified atom stereocenters. The molecule has 1 fully saturated rings. The number of nitro benzene ring substituents is 1. The Bertz CT molecular complexity index is 1560. The van der Waals surface area contributed by atoms with Gasteiger partial charge in [-0.1, -0.05) is 6.07 Å². The number of nitrogens with zero attached hydrogens (tertiary/aromatic N) is 3. The van der Waals surface area contributed by atoms with E-state index < -0.39 is 57.5 Å². The highest BCUT2D eigenvalue weighted by atomic mass is 19.4. The van der Waals surface area contributed by atoms with Crippen molar-refractivity contribution in [3.63, 3.8) is 0 Å². The van der Waals surface area contributed by atoms with Crippen LogP contribution in [0.4, 0.5) is 54.3 Å². The summed E-state index contributed by atoms with van der Waals surface area (Å²) in [5.41, 5.74) is -3.71. The summed E-state index contributed by atoms with van der Waals surface area (Å²) in [5.74, 6) is -3.23. The van der Waals surface area contributed by atoms with Gasteiger partial charge in [0.25, 0.3) is 11.6 Å². The van der Waals surface area contributed by atoms with Crippen LogP contribution in [0.5, 0.6) is 0 Å². The van der Waals surface area contributed by atoms with Gasteiger partial charge in [0.1, 0.15) is 17.2 Å². The van der Waals surface area contributed by atoms with Crippen molar-refractivity contribution in [2.75, 3.05) is 15.5 Å². The number of rotatable bonds is 6. The van der Waals surface area contributed by atoms with Gasteiger partial charge < -0.3 is 15.5 Å². The predicted molar refractivity (Wildman–Crippen MR) is 136 cm³/mol. The van der Waals surface area contributed by atoms with Gasteiger partial charge in [-0.25, -0.2) is 23.3 Å². The molecule has 0 aliphatic carbocycles. The van der Waals surface area contributed by atoms with Gasteiger partial charge in [-0.15, -0.1) is 0 Å². The fourth-order valence-corrected chi connectivity index (χ4v) is 4.12. The van der Waals surface area contributed by atoms with Crippen molar-refractivity contribution in [1.82, 2.24) is 4.90 Å². The fraction of sp³-hybridized carbons (Fsp3) is 0.192. The van der Waals surface area contributed by atoms with Crippen molar-refractivity contribution in [1.29, 1.82) is 0 Å². The zero-order valence-corrected chi connectivity index (χ0v) is 21.3. The van der Waals surface area contributed by atoms with Crippen molar-refractivity contribution >= 4 is 40.7 Å². The summed E-state index contributed by atoms with van der Waals surface area (Å²) in [7, 11) is 0. The Morgan fingerprint density at radius 3 is 2.24 bits per heavy atom. The van der Waals surface area contributed by atoms with E-state index in [1.54, 1.807) is 0 Å². The highest BCUT2D eigenvalue weighted by Gasteiger charge is 2.52. The molecule has 1 aliphatic rings. The largest absolute Gasteiger partial charge is 0.419 e. The number of nitrogens with one attached hydrogen (secondary N) is 2. The minimum atomic E-state index is -5.08. The van der Waals surface area contributed by atoms with Crippen LogP contribution in [0.1, 0.15) is 25.0 Å². The minimum Gasteiger partial charge on any atom is -0.308 e. The molecule has 4 rings (SSSR count). The van der Waals surface area contributed by atoms with Crippen LogP contribution in [-0.4, -0.2) is 33.3 Å². The smallest absolute Gasteiger partial charge is 0.308 e. The molecule has 0 spiro atoms. The Balaban J connectivity index is 1.59. The molecule has 15 heteroatoms. The van der Waals surface area contributed by atoms with Crippen LogP contribution >= 0.6 is 0 Å². The molecule has 5 amide bonds. The van der Waals surface area contributed by atoms with Crippen molar-refractivity contribution in [3.05, 3.63) is 93.5 Å². The number of benzene rings is 3. The van der Waals surface area contributed by atoms with Crippen molar-refractivity contribution in [2.24, 2.45) is 0 Å². The van der Waals surface area contributed by atoms with Crippen molar-refractivity contribution in [2.45, 2.75) is 32.1 Å². The lowest BCUT2D eigenvalue weighted by Crippen LogP contribution is -2.43. The number of amides is 5. The molecule has 41 heavy (non-hydrogen) atoms. The van der Waals surface area contributed by atoms with Crippen LogP contribution in [0, 0.1) is 21.7 Å². The van der Waals surface area contributed by atoms with E-state index in [0.717, 1.165) is 35.2 Å². The van der Waals surface area contributed by atoms with Crippen LogP contribution in [0.2, 0.25) is 0 Å². The molecule has 0 bridgehead atoms. The molecule has 3 aromatic carbocycles. The van der Waals surface area contributed by atoms with E-state index in [2.05, 4.69) is 10.6 Å². The van der Waals surface area contributed by atoms with E-state index >= 15 is 0 Å². The van der Waals surface area contributed by atoms with Gasteiger partial charge in [-0.05, 0) is 61.9 Å². The van der Waals surface area contributed by atoms with Gasteiger partial charge in [0.2, 0.25) is 0 Å². The van der Waals surface area contributed by atoms with Gasteiger partial charge >= 0.3 is 18.2 Å². The van der Waals surface area contributed by atoms with E-state index in [1.807, 2.05) is 0 Å². The van der Waals surface area contributed by atoms with Crippen molar-refractivity contribution in [3.8, 4) is 0 Å². The third-order valence-electron chi connectivity index (χ3n) is 6.32. The first kappa shape index (κ1) is 28.9. The second-order valence-electron chi connectivity index (χ2n) is 9.41. The normalized spacial score (nSPS) is 14.8. The molecular formula is C26H20F5N5O5. The number of hydrogen-bond donors (Lipinski definition) is 2. The number of imide groups is 1. The maximum Gasteiger partial charge on any atom is 0.419 e. The lowest BCUT2D eigenvalue weighted by molar-refractivity contribution is -0.384. The third-order valence-corrected chi connectivity index (χ3v) is 6.32. The van der Waals surface area contributed by atoms with Gasteiger partial charge in [0.15, 0.2) is 0 Å². The quantitative estimate of drug-likeness (QED) is 0.154. The van der Waals surface area contributed by atoms with Crippen LogP contribution in [-0.2, 0) is 17.5 Å². The van der Waals surface area contributed by atoms with E-state index in [1.165, 1.54) is 32.0 Å². The van der Waals surface area contributed by atoms with E-state index in [4.69, 9.17) is 0 Å². The number of carbonyl (C=O) groups is 3. The lowest BCUT2D eigenvalue weighted by atomic mass is 10.0. The first-order chi connectivity index (χ1) is 19.1. The van der Waals surface area contributed by atoms with E-state index in [0.29, 0.717) is 17.0 Å². The first-order valence-electron chi connectivity index (χ1n) is 11.7. The molecule has 0 aromatic heterocycles. The summed E-state index contributed by atoms with van der Waals surface area (Å²) < 4.78 is 67.7. The predicted octanol–water partition coefficient (Wildman–Crippen LogP) is 6.28. The highest BCUT2D eigenvalue weighted by Crippen LogP contribution is 2.38. The SMILES string of the molecule is CC1(C)C(=O)N(c2ccc(F)c(C(F)(F)F)c2)C(=O)N1Cc1ccc(F)cc1NC(=O)Nc1ccc([N+](=O)[O-])cc1. The molecule has 10 nitrogen and oxygen atoms in total.